The van der Waals surface area contributed by atoms with Crippen molar-refractivity contribution in [2.75, 3.05) is 13.2 Å². The highest BCUT2D eigenvalue weighted by Gasteiger charge is 2.00. The summed E-state index contributed by atoms with van der Waals surface area (Å²) in [6.07, 6.45) is -0.0511. The van der Waals surface area contributed by atoms with E-state index >= 15 is 0 Å². The van der Waals surface area contributed by atoms with Crippen molar-refractivity contribution in [3.63, 3.8) is 0 Å². The van der Waals surface area contributed by atoms with Crippen LogP contribution in [0.4, 0.5) is 0 Å². The molecule has 0 fully saturated rings. The molecule has 2 N–H and O–H groups in total. The molecule has 3 nitrogen and oxygen atoms in total. The van der Waals surface area contributed by atoms with Gasteiger partial charge in [0, 0.05) is 13.0 Å². The highest BCUT2D eigenvalue weighted by Crippen LogP contribution is 2.00. The van der Waals surface area contributed by atoms with Crippen LogP contribution in [0.25, 0.3) is 0 Å². The summed E-state index contributed by atoms with van der Waals surface area (Å²) in [6, 6.07) is 0. The van der Waals surface area contributed by atoms with Crippen LogP contribution in [0.5, 0.6) is 0 Å². The molecule has 0 saturated heterocycles. The van der Waals surface area contributed by atoms with Crippen molar-refractivity contribution in [3.8, 4) is 0 Å². The van der Waals surface area contributed by atoms with E-state index < -0.39 is 6.10 Å². The Bertz CT molecular complexity index is 99.0. The van der Waals surface area contributed by atoms with Crippen LogP contribution in [0, 0.1) is 0 Å². The van der Waals surface area contributed by atoms with Crippen LogP contribution < -0.4 is 0 Å². The fraction of sp³-hybridized carbons (Fsp3) is 0.714. The average molecular weight is 146 g/mol. The van der Waals surface area contributed by atoms with Crippen LogP contribution in [0.3, 0.4) is 0 Å². The first-order valence-corrected chi connectivity index (χ1v) is 3.29. The molecule has 0 bridgehead atoms. The van der Waals surface area contributed by atoms with Gasteiger partial charge in [-0.05, 0) is 6.92 Å². The second-order valence-corrected chi connectivity index (χ2v) is 2.07. The summed E-state index contributed by atoms with van der Waals surface area (Å²) in [4.78, 5) is 0. The fourth-order valence-corrected chi connectivity index (χ4v) is 0.388. The normalized spacial score (nSPS) is 12.7. The monoisotopic (exact) mass is 146 g/mol. The minimum Gasteiger partial charge on any atom is -0.496 e. The lowest BCUT2D eigenvalue weighted by Gasteiger charge is -2.09. The molecule has 0 radical (unpaired) electrons. The van der Waals surface area contributed by atoms with Crippen molar-refractivity contribution in [2.45, 2.75) is 19.4 Å². The Morgan fingerprint density at radius 3 is 2.70 bits per heavy atom. The molecule has 0 aliphatic heterocycles. The third-order valence-corrected chi connectivity index (χ3v) is 1.06. The number of aliphatic hydroxyl groups excluding tert-OH is 2. The Morgan fingerprint density at radius 2 is 2.30 bits per heavy atom. The van der Waals surface area contributed by atoms with Crippen LogP contribution in [0.1, 0.15) is 13.3 Å². The smallest absolute Gasteiger partial charge is 0.117 e. The molecule has 0 aromatic rings. The zero-order valence-electron chi connectivity index (χ0n) is 6.21. The van der Waals surface area contributed by atoms with E-state index in [-0.39, 0.29) is 6.61 Å². The van der Waals surface area contributed by atoms with E-state index in [4.69, 9.17) is 14.9 Å². The predicted octanol–water partition coefficient (Wildman–Crippen LogP) is 0.280. The fourth-order valence-electron chi connectivity index (χ4n) is 0.388. The summed E-state index contributed by atoms with van der Waals surface area (Å²) in [5.74, 6) is 0.355. The Hall–Kier alpha value is -0.540. The summed E-state index contributed by atoms with van der Waals surface area (Å²) in [7, 11) is 0. The Morgan fingerprint density at radius 1 is 1.70 bits per heavy atom. The van der Waals surface area contributed by atoms with Gasteiger partial charge in [-0.25, -0.2) is 0 Å². The quantitative estimate of drug-likeness (QED) is 0.432. The molecule has 0 aliphatic carbocycles. The zero-order chi connectivity index (χ0) is 7.98. The minimum atomic E-state index is -0.626. The predicted molar refractivity (Wildman–Crippen MR) is 38.5 cm³/mol. The van der Waals surface area contributed by atoms with Gasteiger partial charge in [0.1, 0.15) is 11.9 Å². The first-order valence-electron chi connectivity index (χ1n) is 3.29. The zero-order valence-corrected chi connectivity index (χ0v) is 6.21. The van der Waals surface area contributed by atoms with Gasteiger partial charge in [-0.15, -0.1) is 0 Å². The lowest BCUT2D eigenvalue weighted by atomic mass is 10.3. The van der Waals surface area contributed by atoms with Crippen LogP contribution >= 0.6 is 0 Å². The molecule has 0 spiro atoms. The first kappa shape index (κ1) is 9.46. The Labute approximate surface area is 60.9 Å². The van der Waals surface area contributed by atoms with E-state index in [1.165, 1.54) is 0 Å². The first-order chi connectivity index (χ1) is 4.68. The highest BCUT2D eigenvalue weighted by molar-refractivity contribution is 4.88. The summed E-state index contributed by atoms with van der Waals surface area (Å²) in [5.41, 5.74) is 0. The molecule has 0 saturated carbocycles. The van der Waals surface area contributed by atoms with Gasteiger partial charge in [-0.2, -0.15) is 0 Å². The molecule has 10 heavy (non-hydrogen) atoms. The molecule has 0 rings (SSSR count). The molecule has 0 aromatic carbocycles. The SMILES string of the molecule is C=C(OCCCO)C(C)O. The largest absolute Gasteiger partial charge is 0.496 e. The van der Waals surface area contributed by atoms with Crippen molar-refractivity contribution in [2.24, 2.45) is 0 Å². The molecule has 60 valence electrons. The Balaban J connectivity index is 3.22. The van der Waals surface area contributed by atoms with Gasteiger partial charge >= 0.3 is 0 Å². The number of hydrogen-bond donors (Lipinski definition) is 2. The third-order valence-electron chi connectivity index (χ3n) is 1.06. The van der Waals surface area contributed by atoms with Gasteiger partial charge in [0.25, 0.3) is 0 Å². The maximum Gasteiger partial charge on any atom is 0.117 e. The highest BCUT2D eigenvalue weighted by atomic mass is 16.5. The van der Waals surface area contributed by atoms with E-state index in [0.29, 0.717) is 18.8 Å². The summed E-state index contributed by atoms with van der Waals surface area (Å²) < 4.78 is 4.94. The van der Waals surface area contributed by atoms with E-state index in [2.05, 4.69) is 6.58 Å². The number of ether oxygens (including phenoxy) is 1. The number of hydrogen-bond acceptors (Lipinski definition) is 3. The maximum absolute atomic E-state index is 8.83. The van der Waals surface area contributed by atoms with Gasteiger partial charge in [-0.1, -0.05) is 6.58 Å². The van der Waals surface area contributed by atoms with Gasteiger partial charge in [0.15, 0.2) is 0 Å². The molecule has 1 unspecified atom stereocenters. The summed E-state index contributed by atoms with van der Waals surface area (Å²) in [6.45, 7) is 5.58. The van der Waals surface area contributed by atoms with E-state index in [0.717, 1.165) is 0 Å². The van der Waals surface area contributed by atoms with Crippen molar-refractivity contribution in [1.82, 2.24) is 0 Å². The molecular weight excluding hydrogens is 132 g/mol. The second kappa shape index (κ2) is 5.26. The van der Waals surface area contributed by atoms with Gasteiger partial charge < -0.3 is 14.9 Å². The van der Waals surface area contributed by atoms with Crippen LogP contribution in [-0.2, 0) is 4.74 Å². The molecule has 0 amide bonds. The summed E-state index contributed by atoms with van der Waals surface area (Å²) in [5, 5.41) is 17.2. The van der Waals surface area contributed by atoms with E-state index in [1.54, 1.807) is 6.92 Å². The van der Waals surface area contributed by atoms with Crippen molar-refractivity contribution in [1.29, 1.82) is 0 Å². The standard InChI is InChI=1S/C7H14O3/c1-6(9)7(2)10-5-3-4-8/h6,8-9H,2-5H2,1H3. The molecule has 0 aromatic heterocycles. The topological polar surface area (TPSA) is 49.7 Å². The van der Waals surface area contributed by atoms with E-state index in [1.807, 2.05) is 0 Å². The lowest BCUT2D eigenvalue weighted by molar-refractivity contribution is 0.104. The molecule has 0 aliphatic rings. The van der Waals surface area contributed by atoms with E-state index in [9.17, 15) is 0 Å². The third kappa shape index (κ3) is 4.35. The molecule has 0 heterocycles. The van der Waals surface area contributed by atoms with Gasteiger partial charge in [0.05, 0.1) is 6.61 Å². The second-order valence-electron chi connectivity index (χ2n) is 2.07. The van der Waals surface area contributed by atoms with Crippen molar-refractivity contribution >= 4 is 0 Å². The summed E-state index contributed by atoms with van der Waals surface area (Å²) >= 11 is 0. The van der Waals surface area contributed by atoms with Crippen molar-refractivity contribution < 1.29 is 14.9 Å². The van der Waals surface area contributed by atoms with Crippen LogP contribution in [0.2, 0.25) is 0 Å². The number of rotatable bonds is 5. The van der Waals surface area contributed by atoms with Crippen molar-refractivity contribution in [3.05, 3.63) is 12.3 Å². The van der Waals surface area contributed by atoms with Crippen LogP contribution in [0.15, 0.2) is 12.3 Å². The average Bonchev–Trinajstić information content (AvgIpc) is 1.88. The van der Waals surface area contributed by atoms with Crippen LogP contribution in [-0.4, -0.2) is 29.5 Å². The minimum absolute atomic E-state index is 0.104. The Kier molecular flexibility index (Phi) is 4.98. The molecule has 3 heteroatoms. The lowest BCUT2D eigenvalue weighted by Crippen LogP contribution is -2.08. The molecule has 1 atom stereocenters. The maximum atomic E-state index is 8.83. The molecular formula is C7H14O3. The van der Waals surface area contributed by atoms with Gasteiger partial charge in [0.2, 0.25) is 0 Å². The van der Waals surface area contributed by atoms with Gasteiger partial charge in [-0.3, -0.25) is 0 Å². The number of aliphatic hydroxyl groups is 2.